The predicted octanol–water partition coefficient (Wildman–Crippen LogP) is 7.30. The number of hydrogen-bond donors (Lipinski definition) is 0. The molecule has 0 saturated heterocycles. The fraction of sp³-hybridized carbons (Fsp3) is 0.385. The number of benzene rings is 2. The van der Waals surface area contributed by atoms with E-state index in [9.17, 15) is 8.78 Å². The van der Waals surface area contributed by atoms with Crippen molar-refractivity contribution in [3.63, 3.8) is 0 Å². The third-order valence-corrected chi connectivity index (χ3v) is 5.65. The first-order chi connectivity index (χ1) is 14.1. The van der Waals surface area contributed by atoms with E-state index < -0.39 is 11.6 Å². The topological polar surface area (TPSA) is 9.23 Å². The largest absolute Gasteiger partial charge is 0.494 e. The molecular formula is C26H30F2O. The number of rotatable bonds is 8. The van der Waals surface area contributed by atoms with Gasteiger partial charge in [-0.05, 0) is 72.8 Å². The minimum atomic E-state index is -0.901. The van der Waals surface area contributed by atoms with Crippen molar-refractivity contribution in [3.8, 4) is 5.75 Å². The Morgan fingerprint density at radius 3 is 2.48 bits per heavy atom. The molecule has 1 nitrogen and oxygen atoms in total. The van der Waals surface area contributed by atoms with Crippen LogP contribution >= 0.6 is 0 Å². The molecule has 0 fully saturated rings. The zero-order chi connectivity index (χ0) is 20.6. The van der Waals surface area contributed by atoms with E-state index in [4.69, 9.17) is 4.74 Å². The third kappa shape index (κ3) is 5.56. The second-order valence-electron chi connectivity index (χ2n) is 7.73. The Labute approximate surface area is 173 Å². The molecule has 1 atom stereocenters. The summed E-state index contributed by atoms with van der Waals surface area (Å²) >= 11 is 0. The number of hydrogen-bond acceptors (Lipinski definition) is 1. The predicted molar refractivity (Wildman–Crippen MR) is 116 cm³/mol. The normalized spacial score (nSPS) is 16.8. The molecule has 0 aliphatic heterocycles. The van der Waals surface area contributed by atoms with Gasteiger partial charge in [-0.1, -0.05) is 61.9 Å². The highest BCUT2D eigenvalue weighted by atomic mass is 19.2. The van der Waals surface area contributed by atoms with Gasteiger partial charge in [0.1, 0.15) is 0 Å². The number of halogens is 2. The van der Waals surface area contributed by atoms with Gasteiger partial charge in [-0.25, -0.2) is 4.39 Å². The number of allylic oxidation sites excluding steroid dienone is 4. The summed E-state index contributed by atoms with van der Waals surface area (Å²) in [6.07, 6.45) is 13.4. The van der Waals surface area contributed by atoms with E-state index in [1.54, 1.807) is 6.07 Å². The maximum absolute atomic E-state index is 14.0. The Morgan fingerprint density at radius 1 is 1.03 bits per heavy atom. The van der Waals surface area contributed by atoms with Gasteiger partial charge in [0.2, 0.25) is 5.82 Å². The Morgan fingerprint density at radius 2 is 1.83 bits per heavy atom. The lowest BCUT2D eigenvalue weighted by atomic mass is 9.86. The van der Waals surface area contributed by atoms with Crippen LogP contribution < -0.4 is 4.74 Å². The van der Waals surface area contributed by atoms with E-state index in [0.29, 0.717) is 24.3 Å². The summed E-state index contributed by atoms with van der Waals surface area (Å²) in [6, 6.07) is 12.1. The van der Waals surface area contributed by atoms with Crippen molar-refractivity contribution in [2.45, 2.75) is 51.9 Å². The van der Waals surface area contributed by atoms with E-state index in [2.05, 4.69) is 49.4 Å². The Hall–Kier alpha value is -2.42. The van der Waals surface area contributed by atoms with E-state index in [-0.39, 0.29) is 5.75 Å². The summed E-state index contributed by atoms with van der Waals surface area (Å²) in [4.78, 5) is 0. The Balaban J connectivity index is 1.50. The molecule has 1 unspecified atom stereocenters. The first-order valence-electron chi connectivity index (χ1n) is 10.6. The van der Waals surface area contributed by atoms with Crippen molar-refractivity contribution < 1.29 is 13.5 Å². The van der Waals surface area contributed by atoms with Gasteiger partial charge in [-0.15, -0.1) is 0 Å². The number of aryl methyl sites for hydroxylation is 2. The maximum Gasteiger partial charge on any atom is 0.200 e. The molecular weight excluding hydrogens is 366 g/mol. The van der Waals surface area contributed by atoms with E-state index in [0.717, 1.165) is 25.7 Å². The molecule has 2 aromatic rings. The highest BCUT2D eigenvalue weighted by Gasteiger charge is 2.14. The second-order valence-corrected chi connectivity index (χ2v) is 7.73. The third-order valence-electron chi connectivity index (χ3n) is 5.65. The molecule has 0 bridgehead atoms. The Bertz CT molecular complexity index is 865. The van der Waals surface area contributed by atoms with Gasteiger partial charge in [-0.3, -0.25) is 0 Å². The average Bonchev–Trinajstić information content (AvgIpc) is 2.75. The van der Waals surface area contributed by atoms with E-state index >= 15 is 0 Å². The molecule has 1 aliphatic rings. The molecule has 0 spiro atoms. The van der Waals surface area contributed by atoms with Gasteiger partial charge in [-0.2, -0.15) is 4.39 Å². The van der Waals surface area contributed by atoms with Crippen LogP contribution in [0.15, 0.2) is 54.6 Å². The molecule has 0 amide bonds. The van der Waals surface area contributed by atoms with E-state index in [1.807, 2.05) is 0 Å². The smallest absolute Gasteiger partial charge is 0.200 e. The zero-order valence-electron chi connectivity index (χ0n) is 17.4. The van der Waals surface area contributed by atoms with Crippen LogP contribution in [0, 0.1) is 17.6 Å². The van der Waals surface area contributed by atoms with Crippen molar-refractivity contribution in [2.24, 2.45) is 5.92 Å². The molecule has 0 saturated carbocycles. The minimum absolute atomic E-state index is 0.0495. The molecule has 2 aromatic carbocycles. The monoisotopic (exact) mass is 396 g/mol. The average molecular weight is 397 g/mol. The first-order valence-corrected chi connectivity index (χ1v) is 10.6. The molecule has 29 heavy (non-hydrogen) atoms. The molecule has 0 heterocycles. The Kier molecular flexibility index (Phi) is 7.62. The molecule has 0 aromatic heterocycles. The number of ether oxygens (including phenoxy) is 1. The minimum Gasteiger partial charge on any atom is -0.494 e. The zero-order valence-corrected chi connectivity index (χ0v) is 17.4. The van der Waals surface area contributed by atoms with E-state index in [1.165, 1.54) is 36.3 Å². The maximum atomic E-state index is 14.0. The molecule has 3 rings (SSSR count). The van der Waals surface area contributed by atoms with Crippen LogP contribution in [0.3, 0.4) is 0 Å². The first kappa shape index (κ1) is 21.3. The van der Waals surface area contributed by atoms with Crippen molar-refractivity contribution in [2.75, 3.05) is 7.11 Å². The van der Waals surface area contributed by atoms with Gasteiger partial charge in [0.05, 0.1) is 7.11 Å². The van der Waals surface area contributed by atoms with Crippen molar-refractivity contribution in [1.29, 1.82) is 0 Å². The van der Waals surface area contributed by atoms with Crippen LogP contribution in [0.5, 0.6) is 5.75 Å². The van der Waals surface area contributed by atoms with Crippen LogP contribution in [0.25, 0.3) is 5.57 Å². The lowest BCUT2D eigenvalue weighted by Gasteiger charge is -2.19. The van der Waals surface area contributed by atoms with Gasteiger partial charge in [0.15, 0.2) is 11.6 Å². The molecule has 0 N–H and O–H groups in total. The molecule has 3 heteroatoms. The fourth-order valence-corrected chi connectivity index (χ4v) is 3.92. The van der Waals surface area contributed by atoms with Gasteiger partial charge in [0, 0.05) is 0 Å². The van der Waals surface area contributed by atoms with Crippen LogP contribution in [-0.2, 0) is 12.8 Å². The van der Waals surface area contributed by atoms with Crippen molar-refractivity contribution >= 4 is 5.57 Å². The molecule has 0 radical (unpaired) electrons. The molecule has 1 aliphatic carbocycles. The second kappa shape index (κ2) is 10.4. The summed E-state index contributed by atoms with van der Waals surface area (Å²) in [7, 11) is 1.34. The van der Waals surface area contributed by atoms with Crippen molar-refractivity contribution in [3.05, 3.63) is 83.0 Å². The number of methoxy groups -OCH3 is 1. The summed E-state index contributed by atoms with van der Waals surface area (Å²) in [6.45, 7) is 2.21. The van der Waals surface area contributed by atoms with Gasteiger partial charge < -0.3 is 4.74 Å². The summed E-state index contributed by atoms with van der Waals surface area (Å²) < 4.78 is 32.6. The lowest BCUT2D eigenvalue weighted by Crippen LogP contribution is -2.03. The standard InChI is InChI=1S/C26H30F2O/c1-3-6-19-9-13-21(14-10-19)22-15-11-20(12-16-22)7-4-5-8-23-17-18-24(29-2)26(28)25(23)27/h4,7,9-10,13-15,17-18,20H,3,5-6,8,11-12,16H2,1-2H3. The summed E-state index contributed by atoms with van der Waals surface area (Å²) in [5.41, 5.74) is 4.57. The highest BCUT2D eigenvalue weighted by Crippen LogP contribution is 2.31. The highest BCUT2D eigenvalue weighted by molar-refractivity contribution is 5.66. The van der Waals surface area contributed by atoms with Gasteiger partial charge in [0.25, 0.3) is 0 Å². The lowest BCUT2D eigenvalue weighted by molar-refractivity contribution is 0.370. The summed E-state index contributed by atoms with van der Waals surface area (Å²) in [5.74, 6) is -1.23. The molecule has 154 valence electrons. The van der Waals surface area contributed by atoms with Crippen LogP contribution in [-0.4, -0.2) is 7.11 Å². The van der Waals surface area contributed by atoms with Crippen molar-refractivity contribution in [1.82, 2.24) is 0 Å². The van der Waals surface area contributed by atoms with Crippen LogP contribution in [0.1, 0.15) is 55.7 Å². The summed E-state index contributed by atoms with van der Waals surface area (Å²) in [5, 5.41) is 0. The van der Waals surface area contributed by atoms with Crippen LogP contribution in [0.4, 0.5) is 8.78 Å². The SMILES string of the molecule is CCCc1ccc(C2=CCC(C=CCCc3ccc(OC)c(F)c3F)CC2)cc1. The fourth-order valence-electron chi connectivity index (χ4n) is 3.92. The van der Waals surface area contributed by atoms with Crippen LogP contribution in [0.2, 0.25) is 0 Å². The quantitative estimate of drug-likeness (QED) is 0.425. The van der Waals surface area contributed by atoms with Gasteiger partial charge >= 0.3 is 0 Å².